The summed E-state index contributed by atoms with van der Waals surface area (Å²) in [5.41, 5.74) is 1.94. The Morgan fingerprint density at radius 1 is 0.938 bits per heavy atom. The average molecular weight is 233 g/mol. The molecule has 0 radical (unpaired) electrons. The van der Waals surface area contributed by atoms with Gasteiger partial charge in [-0.2, -0.15) is 0 Å². The number of rotatable bonds is 3. The highest BCUT2D eigenvalue weighted by atomic mass is 32.2. The lowest BCUT2D eigenvalue weighted by atomic mass is 10.1. The van der Waals surface area contributed by atoms with Crippen LogP contribution in [-0.2, 0) is 11.4 Å². The topological polar surface area (TPSA) is 49.4 Å². The first-order valence-electron chi connectivity index (χ1n) is 4.69. The molecule has 0 bridgehead atoms. The first-order chi connectivity index (χ1) is 7.75. The fourth-order valence-electron chi connectivity index (χ4n) is 1.44. The van der Waals surface area contributed by atoms with Crippen molar-refractivity contribution in [2.24, 2.45) is 0 Å². The van der Waals surface area contributed by atoms with Gasteiger partial charge in [-0.15, -0.1) is 0 Å². The molecule has 0 aliphatic heterocycles. The molecule has 82 valence electrons. The van der Waals surface area contributed by atoms with E-state index in [0.717, 1.165) is 11.1 Å². The molecule has 3 nitrogen and oxygen atoms in total. The second kappa shape index (κ2) is 4.92. The Labute approximate surface area is 96.2 Å². The molecule has 0 saturated heterocycles. The quantitative estimate of drug-likeness (QED) is 0.765. The van der Waals surface area contributed by atoms with Gasteiger partial charge in [0.2, 0.25) is 0 Å². The van der Waals surface area contributed by atoms with E-state index in [4.69, 9.17) is 0 Å². The van der Waals surface area contributed by atoms with Crippen molar-refractivity contribution in [1.82, 2.24) is 0 Å². The van der Waals surface area contributed by atoms with E-state index in [1.165, 1.54) is 0 Å². The van der Waals surface area contributed by atoms with Gasteiger partial charge in [0.15, 0.2) is 0 Å². The van der Waals surface area contributed by atoms with E-state index in [1.807, 2.05) is 36.4 Å². The molecule has 0 amide bonds. The Balaban J connectivity index is 2.33. The highest BCUT2D eigenvalue weighted by Gasteiger charge is 1.99. The van der Waals surface area contributed by atoms with E-state index in [-0.39, 0.29) is 0 Å². The zero-order valence-electron chi connectivity index (χ0n) is 8.33. The Morgan fingerprint density at radius 2 is 1.62 bits per heavy atom. The number of benzene rings is 2. The number of hydrogen-bond acceptors (Lipinski definition) is 3. The molecular formula is C12H9O3S-. The van der Waals surface area contributed by atoms with Crippen LogP contribution in [0.25, 0.3) is 11.1 Å². The van der Waals surface area contributed by atoms with Crippen LogP contribution in [0.1, 0.15) is 0 Å². The molecule has 0 aromatic heterocycles. The van der Waals surface area contributed by atoms with Gasteiger partial charge in [0.05, 0.1) is 0 Å². The molecular weight excluding hydrogens is 224 g/mol. The van der Waals surface area contributed by atoms with E-state index >= 15 is 0 Å². The summed E-state index contributed by atoms with van der Waals surface area (Å²) >= 11 is -2.53. The van der Waals surface area contributed by atoms with Crippen molar-refractivity contribution in [2.75, 3.05) is 0 Å². The Morgan fingerprint density at radius 3 is 2.31 bits per heavy atom. The normalized spacial score (nSPS) is 12.1. The van der Waals surface area contributed by atoms with Crippen LogP contribution < -0.4 is 4.18 Å². The van der Waals surface area contributed by atoms with E-state index in [9.17, 15) is 8.76 Å². The minimum atomic E-state index is -2.53. The van der Waals surface area contributed by atoms with Crippen molar-refractivity contribution in [2.45, 2.75) is 0 Å². The summed E-state index contributed by atoms with van der Waals surface area (Å²) in [4.78, 5) is 0. The highest BCUT2D eigenvalue weighted by Crippen LogP contribution is 2.23. The standard InChI is InChI=1S/C12H10O3S/c13-16(14)15-12-8-4-7-11(9-12)10-5-2-1-3-6-10/h1-9H,(H,13,14)/p-1. The Hall–Kier alpha value is -1.65. The van der Waals surface area contributed by atoms with Gasteiger partial charge < -0.3 is 8.74 Å². The lowest BCUT2D eigenvalue weighted by Gasteiger charge is -2.08. The van der Waals surface area contributed by atoms with E-state index in [1.54, 1.807) is 18.2 Å². The molecule has 16 heavy (non-hydrogen) atoms. The lowest BCUT2D eigenvalue weighted by Crippen LogP contribution is -1.97. The van der Waals surface area contributed by atoms with Crippen LogP contribution in [0.2, 0.25) is 0 Å². The maximum atomic E-state index is 10.4. The van der Waals surface area contributed by atoms with Crippen LogP contribution in [0.4, 0.5) is 0 Å². The molecule has 0 fully saturated rings. The summed E-state index contributed by atoms with van der Waals surface area (Å²) in [5, 5.41) is 0. The smallest absolute Gasteiger partial charge is 0.139 e. The zero-order chi connectivity index (χ0) is 11.4. The van der Waals surface area contributed by atoms with E-state index < -0.39 is 11.4 Å². The fraction of sp³-hybridized carbons (Fsp3) is 0. The second-order valence-corrected chi connectivity index (χ2v) is 3.76. The molecule has 2 aromatic carbocycles. The average Bonchev–Trinajstić information content (AvgIpc) is 2.30. The third kappa shape index (κ3) is 2.68. The van der Waals surface area contributed by atoms with Gasteiger partial charge >= 0.3 is 0 Å². The van der Waals surface area contributed by atoms with Gasteiger partial charge in [-0.05, 0) is 23.3 Å². The van der Waals surface area contributed by atoms with Crippen LogP contribution >= 0.6 is 0 Å². The molecule has 0 aliphatic carbocycles. The van der Waals surface area contributed by atoms with Crippen molar-refractivity contribution in [3.63, 3.8) is 0 Å². The fourth-order valence-corrected chi connectivity index (χ4v) is 1.70. The molecule has 2 rings (SSSR count). The maximum absolute atomic E-state index is 10.4. The molecule has 4 heteroatoms. The van der Waals surface area contributed by atoms with Crippen molar-refractivity contribution < 1.29 is 12.9 Å². The predicted octanol–water partition coefficient (Wildman–Crippen LogP) is 2.53. The van der Waals surface area contributed by atoms with Gasteiger partial charge in [-0.25, -0.2) is 4.21 Å². The molecule has 1 atom stereocenters. The third-order valence-corrected chi connectivity index (χ3v) is 2.43. The Kier molecular flexibility index (Phi) is 3.34. The molecule has 0 spiro atoms. The molecule has 0 N–H and O–H groups in total. The highest BCUT2D eigenvalue weighted by molar-refractivity contribution is 7.74. The zero-order valence-corrected chi connectivity index (χ0v) is 9.15. The first kappa shape index (κ1) is 10.9. The van der Waals surface area contributed by atoms with Crippen LogP contribution in [0.15, 0.2) is 54.6 Å². The van der Waals surface area contributed by atoms with Crippen molar-refractivity contribution in [3.8, 4) is 16.9 Å². The SMILES string of the molecule is O=S([O-])Oc1cccc(-c2ccccc2)c1. The summed E-state index contributed by atoms with van der Waals surface area (Å²) < 4.78 is 25.4. The Bertz CT molecular complexity index is 497. The van der Waals surface area contributed by atoms with Crippen LogP contribution in [0.3, 0.4) is 0 Å². The van der Waals surface area contributed by atoms with Crippen LogP contribution in [0, 0.1) is 0 Å². The summed E-state index contributed by atoms with van der Waals surface area (Å²) in [6, 6.07) is 16.6. The van der Waals surface area contributed by atoms with Gasteiger partial charge in [0.25, 0.3) is 0 Å². The van der Waals surface area contributed by atoms with Gasteiger partial charge in [0.1, 0.15) is 17.1 Å². The summed E-state index contributed by atoms with van der Waals surface area (Å²) in [6.45, 7) is 0. The number of hydrogen-bond donors (Lipinski definition) is 0. The molecule has 0 heterocycles. The molecule has 1 unspecified atom stereocenters. The summed E-state index contributed by atoms with van der Waals surface area (Å²) in [5.74, 6) is 0.315. The van der Waals surface area contributed by atoms with Gasteiger partial charge in [0, 0.05) is 0 Å². The predicted molar refractivity (Wildman–Crippen MR) is 61.4 cm³/mol. The first-order valence-corrected chi connectivity index (χ1v) is 5.69. The summed E-state index contributed by atoms with van der Waals surface area (Å²) in [7, 11) is 0. The monoisotopic (exact) mass is 233 g/mol. The largest absolute Gasteiger partial charge is 0.740 e. The van der Waals surface area contributed by atoms with Crippen molar-refractivity contribution >= 4 is 11.4 Å². The second-order valence-electron chi connectivity index (χ2n) is 3.18. The lowest BCUT2D eigenvalue weighted by molar-refractivity contribution is 0.440. The van der Waals surface area contributed by atoms with Crippen LogP contribution in [-0.4, -0.2) is 8.76 Å². The minimum absolute atomic E-state index is 0.315. The molecule has 2 aromatic rings. The van der Waals surface area contributed by atoms with Gasteiger partial charge in [-0.1, -0.05) is 42.5 Å². The minimum Gasteiger partial charge on any atom is -0.740 e. The van der Waals surface area contributed by atoms with E-state index in [0.29, 0.717) is 5.75 Å². The van der Waals surface area contributed by atoms with Gasteiger partial charge in [-0.3, -0.25) is 0 Å². The van der Waals surface area contributed by atoms with Crippen LogP contribution in [0.5, 0.6) is 5.75 Å². The van der Waals surface area contributed by atoms with E-state index in [2.05, 4.69) is 4.18 Å². The van der Waals surface area contributed by atoms with Crippen molar-refractivity contribution in [1.29, 1.82) is 0 Å². The maximum Gasteiger partial charge on any atom is 0.139 e. The third-order valence-electron chi connectivity index (χ3n) is 2.11. The summed E-state index contributed by atoms with van der Waals surface area (Å²) in [6.07, 6.45) is 0. The molecule has 0 saturated carbocycles. The molecule has 0 aliphatic rings. The van der Waals surface area contributed by atoms with Crippen molar-refractivity contribution in [3.05, 3.63) is 54.6 Å².